The molecule has 0 bridgehead atoms. The largest absolute Gasteiger partial charge is 0.376 e. The molecule has 3 N–H and O–H groups in total. The number of aromatic nitrogens is 4. The van der Waals surface area contributed by atoms with Gasteiger partial charge in [-0.3, -0.25) is 15.0 Å². The number of carbonyl (C=O) groups is 1. The average Bonchev–Trinajstić information content (AvgIpc) is 3.20. The second-order valence-corrected chi connectivity index (χ2v) is 5.50. The summed E-state index contributed by atoms with van der Waals surface area (Å²) in [6.45, 7) is 1.56. The van der Waals surface area contributed by atoms with Crippen molar-refractivity contribution in [1.82, 2.24) is 25.7 Å². The summed E-state index contributed by atoms with van der Waals surface area (Å²) in [5, 5.41) is 17.3. The molecule has 7 nitrogen and oxygen atoms in total. The number of ether oxygens (including phenoxy) is 1. The van der Waals surface area contributed by atoms with E-state index in [0.29, 0.717) is 25.5 Å². The van der Waals surface area contributed by atoms with Crippen molar-refractivity contribution in [2.45, 2.75) is 38.8 Å². The van der Waals surface area contributed by atoms with Gasteiger partial charge in [0.1, 0.15) is 0 Å². The summed E-state index contributed by atoms with van der Waals surface area (Å²) in [6, 6.07) is 0. The van der Waals surface area contributed by atoms with Gasteiger partial charge < -0.3 is 10.1 Å². The summed E-state index contributed by atoms with van der Waals surface area (Å²) < 4.78 is 5.40. The van der Waals surface area contributed by atoms with Crippen LogP contribution in [0.2, 0.25) is 0 Å². The molecule has 7 heteroatoms. The summed E-state index contributed by atoms with van der Waals surface area (Å²) in [7, 11) is 0. The van der Waals surface area contributed by atoms with Crippen molar-refractivity contribution >= 4 is 5.91 Å². The molecule has 0 spiro atoms. The SMILES string of the molecule is O=C(NCc1n[nH]c2c1CCC2)c1n[nH]c2c1COCC2. The molecule has 4 rings (SSSR count). The number of hydrogen-bond acceptors (Lipinski definition) is 4. The first kappa shape index (κ1) is 12.6. The zero-order chi connectivity index (χ0) is 14.2. The molecule has 0 radical (unpaired) electrons. The van der Waals surface area contributed by atoms with E-state index in [2.05, 4.69) is 25.7 Å². The van der Waals surface area contributed by atoms with E-state index in [-0.39, 0.29) is 5.91 Å². The standard InChI is InChI=1S/C14H17N5O2/c20-14(13-9-7-21-5-4-11(9)17-19-13)15-6-12-8-2-1-3-10(8)16-18-12/h1-7H2,(H,15,20)(H,16,18)(H,17,19). The topological polar surface area (TPSA) is 95.7 Å². The fraction of sp³-hybridized carbons (Fsp3) is 0.500. The second-order valence-electron chi connectivity index (χ2n) is 5.50. The molecule has 1 aliphatic carbocycles. The lowest BCUT2D eigenvalue weighted by Gasteiger charge is -2.12. The van der Waals surface area contributed by atoms with Crippen molar-refractivity contribution in [2.75, 3.05) is 6.61 Å². The fourth-order valence-corrected chi connectivity index (χ4v) is 3.08. The first-order valence-electron chi connectivity index (χ1n) is 7.30. The molecule has 2 aliphatic rings. The van der Waals surface area contributed by atoms with Crippen LogP contribution < -0.4 is 5.32 Å². The number of aryl methyl sites for hydroxylation is 1. The van der Waals surface area contributed by atoms with E-state index in [1.54, 1.807) is 0 Å². The highest BCUT2D eigenvalue weighted by atomic mass is 16.5. The van der Waals surface area contributed by atoms with Crippen LogP contribution in [0.3, 0.4) is 0 Å². The Morgan fingerprint density at radius 3 is 2.95 bits per heavy atom. The van der Waals surface area contributed by atoms with E-state index >= 15 is 0 Å². The predicted molar refractivity (Wildman–Crippen MR) is 73.7 cm³/mol. The fourth-order valence-electron chi connectivity index (χ4n) is 3.08. The quantitative estimate of drug-likeness (QED) is 0.771. The van der Waals surface area contributed by atoms with Crippen LogP contribution in [0.1, 0.15) is 45.1 Å². The van der Waals surface area contributed by atoms with E-state index in [9.17, 15) is 4.79 Å². The number of carbonyl (C=O) groups excluding carboxylic acids is 1. The van der Waals surface area contributed by atoms with Crippen molar-refractivity contribution in [3.8, 4) is 0 Å². The van der Waals surface area contributed by atoms with Crippen LogP contribution in [0.25, 0.3) is 0 Å². The van der Waals surface area contributed by atoms with Gasteiger partial charge in [0.05, 0.1) is 25.5 Å². The number of H-pyrrole nitrogens is 2. The monoisotopic (exact) mass is 287 g/mol. The molecular formula is C14H17N5O2. The third-order valence-electron chi connectivity index (χ3n) is 4.22. The van der Waals surface area contributed by atoms with Crippen molar-refractivity contribution in [3.63, 3.8) is 0 Å². The van der Waals surface area contributed by atoms with Crippen LogP contribution in [-0.2, 0) is 37.2 Å². The minimum atomic E-state index is -0.173. The molecule has 1 aliphatic heterocycles. The Bertz CT molecular complexity index is 688. The van der Waals surface area contributed by atoms with Crippen molar-refractivity contribution in [1.29, 1.82) is 0 Å². The van der Waals surface area contributed by atoms with Crippen molar-refractivity contribution in [2.24, 2.45) is 0 Å². The number of fused-ring (bicyclic) bond motifs is 2. The third kappa shape index (κ3) is 2.13. The summed E-state index contributed by atoms with van der Waals surface area (Å²) in [5.41, 5.74) is 5.75. The maximum atomic E-state index is 12.3. The summed E-state index contributed by atoms with van der Waals surface area (Å²) >= 11 is 0. The Hall–Kier alpha value is -2.15. The zero-order valence-electron chi connectivity index (χ0n) is 11.7. The van der Waals surface area contributed by atoms with Crippen LogP contribution in [0.5, 0.6) is 0 Å². The van der Waals surface area contributed by atoms with Crippen LogP contribution in [0.15, 0.2) is 0 Å². The Balaban J connectivity index is 1.47. The molecule has 3 heterocycles. The molecule has 0 unspecified atom stereocenters. The molecule has 2 aromatic heterocycles. The maximum Gasteiger partial charge on any atom is 0.272 e. The lowest BCUT2D eigenvalue weighted by atomic mass is 10.1. The summed E-state index contributed by atoms with van der Waals surface area (Å²) in [5.74, 6) is -0.173. The van der Waals surface area contributed by atoms with Gasteiger partial charge in [0.25, 0.3) is 5.91 Å². The molecule has 0 saturated heterocycles. The summed E-state index contributed by atoms with van der Waals surface area (Å²) in [6.07, 6.45) is 4.04. The van der Waals surface area contributed by atoms with Gasteiger partial charge in [0, 0.05) is 23.4 Å². The van der Waals surface area contributed by atoms with Crippen LogP contribution in [0.4, 0.5) is 0 Å². The Labute approximate surface area is 121 Å². The van der Waals surface area contributed by atoms with Gasteiger partial charge in [-0.1, -0.05) is 0 Å². The number of aromatic amines is 2. The second kappa shape index (κ2) is 5.00. The van der Waals surface area contributed by atoms with Crippen molar-refractivity contribution < 1.29 is 9.53 Å². The number of amides is 1. The van der Waals surface area contributed by atoms with E-state index in [0.717, 1.165) is 42.6 Å². The first-order valence-corrected chi connectivity index (χ1v) is 7.30. The Morgan fingerprint density at radius 2 is 2.00 bits per heavy atom. The Morgan fingerprint density at radius 1 is 1.14 bits per heavy atom. The smallest absolute Gasteiger partial charge is 0.272 e. The molecule has 1 amide bonds. The predicted octanol–water partition coefficient (Wildman–Crippen LogP) is 0.624. The molecule has 0 fully saturated rings. The minimum Gasteiger partial charge on any atom is -0.376 e. The van der Waals surface area contributed by atoms with E-state index in [1.165, 1.54) is 11.3 Å². The van der Waals surface area contributed by atoms with Crippen LogP contribution in [-0.4, -0.2) is 32.9 Å². The molecule has 2 aromatic rings. The van der Waals surface area contributed by atoms with E-state index in [4.69, 9.17) is 4.74 Å². The lowest BCUT2D eigenvalue weighted by Crippen LogP contribution is -2.25. The Kier molecular flexibility index (Phi) is 2.99. The van der Waals surface area contributed by atoms with Gasteiger partial charge in [-0.2, -0.15) is 10.2 Å². The van der Waals surface area contributed by atoms with Gasteiger partial charge in [0.15, 0.2) is 5.69 Å². The normalized spacial score (nSPS) is 16.6. The highest BCUT2D eigenvalue weighted by Crippen LogP contribution is 2.23. The van der Waals surface area contributed by atoms with E-state index < -0.39 is 0 Å². The minimum absolute atomic E-state index is 0.173. The van der Waals surface area contributed by atoms with Gasteiger partial charge in [-0.05, 0) is 24.8 Å². The van der Waals surface area contributed by atoms with Crippen molar-refractivity contribution in [3.05, 3.63) is 33.9 Å². The molecular weight excluding hydrogens is 270 g/mol. The van der Waals surface area contributed by atoms with Gasteiger partial charge in [0.2, 0.25) is 0 Å². The first-order chi connectivity index (χ1) is 10.3. The van der Waals surface area contributed by atoms with Gasteiger partial charge in [-0.15, -0.1) is 0 Å². The highest BCUT2D eigenvalue weighted by Gasteiger charge is 2.23. The zero-order valence-corrected chi connectivity index (χ0v) is 11.7. The molecule has 0 saturated carbocycles. The van der Waals surface area contributed by atoms with Crippen LogP contribution in [0, 0.1) is 0 Å². The number of rotatable bonds is 3. The summed E-state index contributed by atoms with van der Waals surface area (Å²) in [4.78, 5) is 12.3. The molecule has 0 atom stereocenters. The molecule has 0 aromatic carbocycles. The maximum absolute atomic E-state index is 12.3. The highest BCUT2D eigenvalue weighted by molar-refractivity contribution is 5.93. The molecule has 21 heavy (non-hydrogen) atoms. The molecule has 110 valence electrons. The van der Waals surface area contributed by atoms with Gasteiger partial charge >= 0.3 is 0 Å². The number of hydrogen-bond donors (Lipinski definition) is 3. The number of nitrogens with zero attached hydrogens (tertiary/aromatic N) is 2. The lowest BCUT2D eigenvalue weighted by molar-refractivity contribution is 0.0922. The van der Waals surface area contributed by atoms with Gasteiger partial charge in [-0.25, -0.2) is 0 Å². The van der Waals surface area contributed by atoms with Crippen LogP contribution >= 0.6 is 0 Å². The van der Waals surface area contributed by atoms with E-state index in [1.807, 2.05) is 0 Å². The number of nitrogens with one attached hydrogen (secondary N) is 3. The third-order valence-corrected chi connectivity index (χ3v) is 4.22. The average molecular weight is 287 g/mol.